The predicted octanol–water partition coefficient (Wildman–Crippen LogP) is -1.12. The van der Waals surface area contributed by atoms with E-state index in [1.165, 1.54) is 0 Å². The quantitative estimate of drug-likeness (QED) is 0.477. The molecule has 0 saturated carbocycles. The monoisotopic (exact) mass is 216 g/mol. The Morgan fingerprint density at radius 1 is 1.64 bits per heavy atom. The Balaban J connectivity index is 2.44. The number of hydrogen-bond donors (Lipinski definition) is 1. The van der Waals surface area contributed by atoms with Crippen molar-refractivity contribution in [3.05, 3.63) is 24.0 Å². The molecule has 1 atom stereocenters. The summed E-state index contributed by atoms with van der Waals surface area (Å²) in [7, 11) is -4.15. The number of hydrogen-bond acceptors (Lipinski definition) is 4. The molecule has 0 radical (unpaired) electrons. The molecular formula is C8H12N2O3S. The largest absolute Gasteiger partial charge is 0.748 e. The third kappa shape index (κ3) is 4.31. The highest BCUT2D eigenvalue weighted by Crippen LogP contribution is 1.95. The van der Waals surface area contributed by atoms with E-state index in [1.54, 1.807) is 25.5 Å². The van der Waals surface area contributed by atoms with Crippen LogP contribution in [0.3, 0.4) is 0 Å². The molecule has 6 heteroatoms. The fourth-order valence-electron chi connectivity index (χ4n) is 1.07. The molecular weight excluding hydrogens is 204 g/mol. The molecule has 1 aliphatic heterocycles. The summed E-state index contributed by atoms with van der Waals surface area (Å²) >= 11 is 0. The Bertz CT molecular complexity index is 369. The number of rotatable bonds is 4. The van der Waals surface area contributed by atoms with Crippen molar-refractivity contribution in [3.8, 4) is 0 Å². The van der Waals surface area contributed by atoms with Crippen LogP contribution >= 0.6 is 0 Å². The first-order valence-corrected chi connectivity index (χ1v) is 5.70. The zero-order valence-electron chi connectivity index (χ0n) is 7.80. The summed E-state index contributed by atoms with van der Waals surface area (Å²) in [5.74, 6) is -0.416. The van der Waals surface area contributed by atoms with E-state index in [1.807, 2.05) is 6.20 Å². The number of nitrogens with one attached hydrogen (secondary N) is 1. The van der Waals surface area contributed by atoms with Crippen LogP contribution in [-0.4, -0.2) is 31.6 Å². The molecule has 78 valence electrons. The van der Waals surface area contributed by atoms with Gasteiger partial charge >= 0.3 is 0 Å². The molecule has 0 aromatic heterocycles. The summed E-state index contributed by atoms with van der Waals surface area (Å²) in [6.45, 7) is 2.24. The van der Waals surface area contributed by atoms with Crippen LogP contribution in [0.25, 0.3) is 0 Å². The van der Waals surface area contributed by atoms with Gasteiger partial charge in [-0.05, 0) is 13.0 Å². The smallest absolute Gasteiger partial charge is 0.193 e. The topological polar surface area (TPSA) is 74.0 Å². The fraction of sp³-hybridized carbons (Fsp3) is 0.375. The molecule has 14 heavy (non-hydrogen) atoms. The number of aliphatic imine (C=N–C) groups is 1. The highest BCUT2D eigenvalue weighted by Gasteiger charge is 2.03. The maximum atomic E-state index is 10.4. The Hall–Kier alpha value is -0.980. The van der Waals surface area contributed by atoms with Gasteiger partial charge in [-0.15, -0.1) is 0 Å². The van der Waals surface area contributed by atoms with Gasteiger partial charge in [0.25, 0.3) is 0 Å². The lowest BCUT2D eigenvalue weighted by atomic mass is 10.3. The minimum atomic E-state index is -4.15. The van der Waals surface area contributed by atoms with Crippen LogP contribution in [0.5, 0.6) is 0 Å². The summed E-state index contributed by atoms with van der Waals surface area (Å²) in [5, 5.41) is 0. The standard InChI is InChI=1S/C8H12N2O3S/c1-8(6-14(11,12)13)2-4-10-5-3-9-7-10/h2-3,5,7H,4,6H2,1H3,(H,11,12,13)/b8-2-. The van der Waals surface area contributed by atoms with E-state index in [2.05, 4.69) is 4.99 Å². The molecule has 1 N–H and O–H groups in total. The molecule has 0 fully saturated rings. The third-order valence-corrected chi connectivity index (χ3v) is 2.51. The Morgan fingerprint density at radius 2 is 2.36 bits per heavy atom. The minimum Gasteiger partial charge on any atom is -0.748 e. The van der Waals surface area contributed by atoms with Crippen LogP contribution < -0.4 is 4.90 Å². The van der Waals surface area contributed by atoms with Gasteiger partial charge < -0.3 is 4.55 Å². The normalized spacial score (nSPS) is 21.9. The van der Waals surface area contributed by atoms with Crippen molar-refractivity contribution >= 4 is 16.5 Å². The average molecular weight is 216 g/mol. The van der Waals surface area contributed by atoms with Gasteiger partial charge in [0.05, 0.1) is 22.1 Å². The summed E-state index contributed by atoms with van der Waals surface area (Å²) in [5.41, 5.74) is 0.571. The van der Waals surface area contributed by atoms with Gasteiger partial charge in [-0.1, -0.05) is 5.57 Å². The van der Waals surface area contributed by atoms with Crippen molar-refractivity contribution in [1.29, 1.82) is 0 Å². The van der Waals surface area contributed by atoms with Crippen LogP contribution in [0.4, 0.5) is 0 Å². The molecule has 0 saturated heterocycles. The van der Waals surface area contributed by atoms with Crippen LogP contribution in [0.15, 0.2) is 29.0 Å². The zero-order chi connectivity index (χ0) is 10.6. The van der Waals surface area contributed by atoms with Gasteiger partial charge in [0.15, 0.2) is 6.34 Å². The highest BCUT2D eigenvalue weighted by atomic mass is 32.2. The second-order valence-corrected chi connectivity index (χ2v) is 4.53. The first-order valence-electron chi connectivity index (χ1n) is 4.12. The molecule has 0 aromatic carbocycles. The highest BCUT2D eigenvalue weighted by molar-refractivity contribution is 7.85. The first kappa shape index (κ1) is 11.1. The Morgan fingerprint density at radius 3 is 2.86 bits per heavy atom. The lowest BCUT2D eigenvalue weighted by molar-refractivity contribution is -0.728. The van der Waals surface area contributed by atoms with E-state index in [0.29, 0.717) is 12.1 Å². The van der Waals surface area contributed by atoms with Gasteiger partial charge in [-0.2, -0.15) is 0 Å². The summed E-state index contributed by atoms with van der Waals surface area (Å²) in [6, 6.07) is 0. The van der Waals surface area contributed by atoms with Crippen molar-refractivity contribution < 1.29 is 17.9 Å². The summed E-state index contributed by atoms with van der Waals surface area (Å²) < 4.78 is 31.2. The second-order valence-electron chi connectivity index (χ2n) is 3.13. The molecule has 1 unspecified atom stereocenters. The molecule has 1 rings (SSSR count). The minimum absolute atomic E-state index is 0.416. The summed E-state index contributed by atoms with van der Waals surface area (Å²) in [6.07, 6.45) is 6.94. The van der Waals surface area contributed by atoms with E-state index in [4.69, 9.17) is 0 Å². The van der Waals surface area contributed by atoms with E-state index in [0.717, 1.165) is 4.90 Å². The van der Waals surface area contributed by atoms with E-state index in [-0.39, 0.29) is 0 Å². The van der Waals surface area contributed by atoms with Gasteiger partial charge in [-0.3, -0.25) is 4.90 Å². The molecule has 0 bridgehead atoms. The molecule has 0 spiro atoms. The molecule has 1 aliphatic rings. The van der Waals surface area contributed by atoms with Crippen molar-refractivity contribution in [2.75, 3.05) is 12.3 Å². The Kier molecular flexibility index (Phi) is 3.56. The van der Waals surface area contributed by atoms with Crippen LogP contribution in [-0.2, 0) is 10.1 Å². The van der Waals surface area contributed by atoms with Gasteiger partial charge in [0, 0.05) is 0 Å². The van der Waals surface area contributed by atoms with Crippen molar-refractivity contribution in [3.63, 3.8) is 0 Å². The lowest BCUT2D eigenvalue weighted by Gasteiger charge is -2.07. The lowest BCUT2D eigenvalue weighted by Crippen LogP contribution is -3.05. The number of quaternary nitrogens is 1. The molecule has 0 amide bonds. The van der Waals surface area contributed by atoms with Crippen LogP contribution in [0.1, 0.15) is 6.92 Å². The molecule has 0 aliphatic carbocycles. The van der Waals surface area contributed by atoms with Gasteiger partial charge in [0.2, 0.25) is 0 Å². The molecule has 1 heterocycles. The summed E-state index contributed by atoms with van der Waals surface area (Å²) in [4.78, 5) is 4.87. The maximum Gasteiger partial charge on any atom is 0.193 e. The molecule has 5 nitrogen and oxygen atoms in total. The Labute approximate surface area is 83.2 Å². The van der Waals surface area contributed by atoms with E-state index in [9.17, 15) is 13.0 Å². The van der Waals surface area contributed by atoms with Crippen LogP contribution in [0.2, 0.25) is 0 Å². The fourth-order valence-corrected chi connectivity index (χ4v) is 1.75. The van der Waals surface area contributed by atoms with Crippen molar-refractivity contribution in [1.82, 2.24) is 0 Å². The SMILES string of the molecule is C/C(=C/C[NH+]1C=CN=C1)CS(=O)(=O)[O-]. The van der Waals surface area contributed by atoms with Crippen molar-refractivity contribution in [2.24, 2.45) is 4.99 Å². The van der Waals surface area contributed by atoms with Crippen molar-refractivity contribution in [2.45, 2.75) is 6.92 Å². The predicted molar refractivity (Wildman–Crippen MR) is 51.8 cm³/mol. The van der Waals surface area contributed by atoms with E-state index >= 15 is 0 Å². The third-order valence-electron chi connectivity index (χ3n) is 1.71. The molecule has 0 aromatic rings. The van der Waals surface area contributed by atoms with Gasteiger partial charge in [0.1, 0.15) is 12.7 Å². The number of nitrogens with zero attached hydrogens (tertiary/aromatic N) is 1. The second kappa shape index (κ2) is 4.50. The van der Waals surface area contributed by atoms with Crippen LogP contribution in [0, 0.1) is 0 Å². The zero-order valence-corrected chi connectivity index (χ0v) is 8.62. The average Bonchev–Trinajstić information content (AvgIpc) is 2.49. The van der Waals surface area contributed by atoms with Gasteiger partial charge in [-0.25, -0.2) is 13.4 Å². The maximum absolute atomic E-state index is 10.4. The first-order chi connectivity index (χ1) is 6.47. The van der Waals surface area contributed by atoms with E-state index < -0.39 is 15.9 Å².